The molecule has 1 aromatic rings. The molecule has 4 N–H and O–H groups in total. The lowest BCUT2D eigenvalue weighted by molar-refractivity contribution is -0.148. The Kier molecular flexibility index (Phi) is 12.4. The van der Waals surface area contributed by atoms with Crippen LogP contribution in [0.5, 0.6) is 0 Å². The van der Waals surface area contributed by atoms with Gasteiger partial charge in [-0.05, 0) is 44.2 Å². The maximum Gasteiger partial charge on any atom is 0.257 e. The smallest absolute Gasteiger partial charge is 0.257 e. The maximum atomic E-state index is 13.4. The van der Waals surface area contributed by atoms with Gasteiger partial charge in [0.05, 0.1) is 17.9 Å². The van der Waals surface area contributed by atoms with Gasteiger partial charge in [0.15, 0.2) is 0 Å². The molecule has 3 amide bonds. The van der Waals surface area contributed by atoms with E-state index in [1.165, 1.54) is 5.01 Å². The molecule has 33 heavy (non-hydrogen) atoms. The number of nitrogens with one attached hydrogen (secondary N) is 3. The van der Waals surface area contributed by atoms with Gasteiger partial charge < -0.3 is 5.32 Å². The molecule has 1 rings (SSSR count). The first-order valence-electron chi connectivity index (χ1n) is 11.5. The number of hydrazine groups is 1. The molecule has 0 bridgehead atoms. The number of amides is 3. The molecule has 0 aliphatic heterocycles. The number of hydroxylamine groups is 1. The summed E-state index contributed by atoms with van der Waals surface area (Å²) < 4.78 is 0. The summed E-state index contributed by atoms with van der Waals surface area (Å²) in [6.45, 7) is 9.92. The van der Waals surface area contributed by atoms with Crippen molar-refractivity contribution < 1.29 is 19.6 Å². The molecule has 0 unspecified atom stereocenters. The van der Waals surface area contributed by atoms with Crippen LogP contribution in [0.2, 0.25) is 0 Å². The minimum Gasteiger partial charge on any atom is -0.309 e. The highest BCUT2D eigenvalue weighted by Crippen LogP contribution is 2.25. The SMILES string of the molecule is CN[C@H](C)C(=O)N(CC(C)C)NC(=O)[C@H](CC(C)C)[C@H](CC=Cc1ccccc1)C(=O)NO. The summed E-state index contributed by atoms with van der Waals surface area (Å²) in [7, 11) is 1.68. The third-order valence-electron chi connectivity index (χ3n) is 5.36. The number of rotatable bonds is 12. The second kappa shape index (κ2) is 14.4. The minimum absolute atomic E-state index is 0.123. The Bertz CT molecular complexity index is 780. The van der Waals surface area contributed by atoms with E-state index in [0.717, 1.165) is 5.56 Å². The van der Waals surface area contributed by atoms with Gasteiger partial charge in [0, 0.05) is 6.54 Å². The molecule has 0 aliphatic carbocycles. The van der Waals surface area contributed by atoms with Crippen LogP contribution in [0.1, 0.15) is 53.0 Å². The average Bonchev–Trinajstić information content (AvgIpc) is 2.78. The number of hydrogen-bond donors (Lipinski definition) is 4. The summed E-state index contributed by atoms with van der Waals surface area (Å²) in [4.78, 5) is 38.7. The fourth-order valence-corrected chi connectivity index (χ4v) is 3.54. The Morgan fingerprint density at radius 1 is 0.970 bits per heavy atom. The van der Waals surface area contributed by atoms with E-state index >= 15 is 0 Å². The van der Waals surface area contributed by atoms with Gasteiger partial charge in [-0.15, -0.1) is 0 Å². The van der Waals surface area contributed by atoms with Crippen LogP contribution in [0.4, 0.5) is 0 Å². The van der Waals surface area contributed by atoms with E-state index in [1.54, 1.807) is 19.5 Å². The summed E-state index contributed by atoms with van der Waals surface area (Å²) in [5.41, 5.74) is 5.44. The van der Waals surface area contributed by atoms with Gasteiger partial charge in [0.1, 0.15) is 0 Å². The zero-order chi connectivity index (χ0) is 25.0. The average molecular weight is 461 g/mol. The molecule has 3 atom stereocenters. The number of allylic oxidation sites excluding steroid dienone is 1. The van der Waals surface area contributed by atoms with E-state index in [2.05, 4.69) is 10.7 Å². The molecule has 0 saturated carbocycles. The molecule has 184 valence electrons. The number of hydrogen-bond acceptors (Lipinski definition) is 5. The standard InChI is InChI=1S/C25H40N4O4/c1-17(2)15-22(23(30)27-29(16-18(3)4)25(32)19(5)26-6)21(24(31)28-33)14-10-13-20-11-8-7-9-12-20/h7-13,17-19,21-22,26,33H,14-16H2,1-6H3,(H,27,30)(H,28,31)/t19-,21+,22-/m1/s1. The van der Waals surface area contributed by atoms with Crippen molar-refractivity contribution in [3.8, 4) is 0 Å². The Labute approximate surface area is 197 Å². The van der Waals surface area contributed by atoms with E-state index < -0.39 is 29.7 Å². The summed E-state index contributed by atoms with van der Waals surface area (Å²) in [5.74, 6) is -2.57. The lowest BCUT2D eigenvalue weighted by atomic mass is 9.82. The van der Waals surface area contributed by atoms with E-state index in [4.69, 9.17) is 0 Å². The molecular formula is C25H40N4O4. The zero-order valence-corrected chi connectivity index (χ0v) is 20.7. The van der Waals surface area contributed by atoms with Gasteiger partial charge in [0.25, 0.3) is 5.91 Å². The molecule has 0 saturated heterocycles. The van der Waals surface area contributed by atoms with E-state index in [9.17, 15) is 19.6 Å². The van der Waals surface area contributed by atoms with Crippen LogP contribution in [0, 0.1) is 23.7 Å². The zero-order valence-electron chi connectivity index (χ0n) is 20.7. The molecule has 0 aliphatic rings. The van der Waals surface area contributed by atoms with Crippen LogP contribution < -0.4 is 16.2 Å². The number of nitrogens with zero attached hydrogens (tertiary/aromatic N) is 1. The molecule has 0 aromatic heterocycles. The van der Waals surface area contributed by atoms with Gasteiger partial charge in [-0.2, -0.15) is 0 Å². The van der Waals surface area contributed by atoms with Crippen molar-refractivity contribution >= 4 is 23.8 Å². The molecule has 0 fully saturated rings. The van der Waals surface area contributed by atoms with Crippen LogP contribution in [0.3, 0.4) is 0 Å². The molecule has 8 heteroatoms. The molecule has 0 radical (unpaired) electrons. The van der Waals surface area contributed by atoms with Gasteiger partial charge in [0.2, 0.25) is 11.8 Å². The van der Waals surface area contributed by atoms with Crippen molar-refractivity contribution in [1.29, 1.82) is 0 Å². The topological polar surface area (TPSA) is 111 Å². The third-order valence-corrected chi connectivity index (χ3v) is 5.36. The van der Waals surface area contributed by atoms with Gasteiger partial charge in [-0.25, -0.2) is 5.48 Å². The highest BCUT2D eigenvalue weighted by Gasteiger charge is 2.35. The number of carbonyl (C=O) groups is 3. The molecule has 0 heterocycles. The van der Waals surface area contributed by atoms with E-state index in [1.807, 2.05) is 70.2 Å². The van der Waals surface area contributed by atoms with Crippen molar-refractivity contribution in [2.45, 2.75) is 53.5 Å². The highest BCUT2D eigenvalue weighted by atomic mass is 16.5. The number of likely N-dealkylation sites (N-methyl/N-ethyl adjacent to an activating group) is 1. The fraction of sp³-hybridized carbons (Fsp3) is 0.560. The quantitative estimate of drug-likeness (QED) is 0.283. The van der Waals surface area contributed by atoms with Gasteiger partial charge in [-0.1, -0.05) is 70.2 Å². The number of benzene rings is 1. The van der Waals surface area contributed by atoms with Crippen LogP contribution in [-0.4, -0.2) is 47.6 Å². The normalized spacial score (nSPS) is 14.2. The summed E-state index contributed by atoms with van der Waals surface area (Å²) in [6.07, 6.45) is 4.40. The van der Waals surface area contributed by atoms with Gasteiger partial charge in [-0.3, -0.25) is 30.0 Å². The monoisotopic (exact) mass is 460 g/mol. The second-order valence-electron chi connectivity index (χ2n) is 9.20. The predicted molar refractivity (Wildman–Crippen MR) is 130 cm³/mol. The van der Waals surface area contributed by atoms with E-state index in [-0.39, 0.29) is 24.2 Å². The van der Waals surface area contributed by atoms with Crippen molar-refractivity contribution in [3.05, 3.63) is 42.0 Å². The second-order valence-corrected chi connectivity index (χ2v) is 9.20. The summed E-state index contributed by atoms with van der Waals surface area (Å²) in [6, 6.07) is 9.15. The first-order valence-corrected chi connectivity index (χ1v) is 11.5. The summed E-state index contributed by atoms with van der Waals surface area (Å²) >= 11 is 0. The van der Waals surface area contributed by atoms with Crippen molar-refractivity contribution in [3.63, 3.8) is 0 Å². The van der Waals surface area contributed by atoms with Crippen molar-refractivity contribution in [1.82, 2.24) is 21.2 Å². The molecule has 8 nitrogen and oxygen atoms in total. The lowest BCUT2D eigenvalue weighted by Crippen LogP contribution is -2.56. The van der Waals surface area contributed by atoms with E-state index in [0.29, 0.717) is 13.0 Å². The first kappa shape index (κ1) is 28.3. The molecular weight excluding hydrogens is 420 g/mol. The predicted octanol–water partition coefficient (Wildman–Crippen LogP) is 3.00. The van der Waals surface area contributed by atoms with Crippen LogP contribution in [0.15, 0.2) is 36.4 Å². The summed E-state index contributed by atoms with van der Waals surface area (Å²) in [5, 5.41) is 13.6. The highest BCUT2D eigenvalue weighted by molar-refractivity contribution is 5.89. The Morgan fingerprint density at radius 2 is 1.61 bits per heavy atom. The molecule has 1 aromatic carbocycles. The fourth-order valence-electron chi connectivity index (χ4n) is 3.54. The Morgan fingerprint density at radius 3 is 2.12 bits per heavy atom. The van der Waals surface area contributed by atoms with Crippen molar-refractivity contribution in [2.24, 2.45) is 23.7 Å². The van der Waals surface area contributed by atoms with Crippen LogP contribution >= 0.6 is 0 Å². The Hall–Kier alpha value is -2.71. The largest absolute Gasteiger partial charge is 0.309 e. The van der Waals surface area contributed by atoms with Crippen LogP contribution in [0.25, 0.3) is 6.08 Å². The third kappa shape index (κ3) is 9.75. The lowest BCUT2D eigenvalue weighted by Gasteiger charge is -2.31. The van der Waals surface area contributed by atoms with Crippen LogP contribution in [-0.2, 0) is 14.4 Å². The van der Waals surface area contributed by atoms with Gasteiger partial charge >= 0.3 is 0 Å². The first-order chi connectivity index (χ1) is 15.6. The van der Waals surface area contributed by atoms with Crippen molar-refractivity contribution in [2.75, 3.05) is 13.6 Å². The minimum atomic E-state index is -0.796. The Balaban J connectivity index is 3.15. The molecule has 0 spiro atoms. The number of carbonyl (C=O) groups excluding carboxylic acids is 3. The maximum absolute atomic E-state index is 13.4.